The number of hydrogen-bond acceptors (Lipinski definition) is 3. The number of rotatable bonds is 7. The van der Waals surface area contributed by atoms with Crippen LogP contribution in [0.15, 0.2) is 12.7 Å². The highest BCUT2D eigenvalue weighted by Crippen LogP contribution is 2.17. The maximum Gasteiger partial charge on any atom is 0.0897 e. The van der Waals surface area contributed by atoms with E-state index in [0.717, 1.165) is 0 Å². The summed E-state index contributed by atoms with van der Waals surface area (Å²) >= 11 is 0. The molecule has 0 aliphatic heterocycles. The van der Waals surface area contributed by atoms with Crippen molar-refractivity contribution in [3.63, 3.8) is 0 Å². The molecule has 0 bridgehead atoms. The summed E-state index contributed by atoms with van der Waals surface area (Å²) in [5, 5.41) is 13.0. The summed E-state index contributed by atoms with van der Waals surface area (Å²) in [6, 6.07) is 0.604. The van der Waals surface area contributed by atoms with Crippen LogP contribution >= 0.6 is 0 Å². The number of nitrogens with one attached hydrogen (secondary N) is 1. The van der Waals surface area contributed by atoms with Gasteiger partial charge in [0.05, 0.1) is 19.3 Å². The fourth-order valence-electron chi connectivity index (χ4n) is 1.96. The molecule has 1 atom stereocenters. The lowest BCUT2D eigenvalue weighted by atomic mass is 9.95. The first-order valence-corrected chi connectivity index (χ1v) is 5.93. The molecule has 1 saturated carbocycles. The molecule has 0 aromatic carbocycles. The van der Waals surface area contributed by atoms with Gasteiger partial charge in [-0.05, 0) is 12.8 Å². The highest BCUT2D eigenvalue weighted by molar-refractivity contribution is 4.73. The molecule has 88 valence electrons. The molecule has 0 aromatic rings. The van der Waals surface area contributed by atoms with Crippen LogP contribution in [0.2, 0.25) is 0 Å². The van der Waals surface area contributed by atoms with Gasteiger partial charge >= 0.3 is 0 Å². The van der Waals surface area contributed by atoms with Crippen LogP contribution in [0.25, 0.3) is 0 Å². The van der Waals surface area contributed by atoms with Crippen LogP contribution in [0.5, 0.6) is 0 Å². The Morgan fingerprint density at radius 3 is 2.80 bits per heavy atom. The van der Waals surface area contributed by atoms with Gasteiger partial charge in [0, 0.05) is 12.6 Å². The lowest BCUT2D eigenvalue weighted by molar-refractivity contribution is 0.0471. The van der Waals surface area contributed by atoms with Crippen molar-refractivity contribution in [3.05, 3.63) is 12.7 Å². The first-order chi connectivity index (χ1) is 7.33. The number of aliphatic hydroxyl groups is 1. The monoisotopic (exact) mass is 213 g/mol. The third kappa shape index (κ3) is 5.92. The molecule has 0 radical (unpaired) electrons. The van der Waals surface area contributed by atoms with Gasteiger partial charge in [0.15, 0.2) is 0 Å². The van der Waals surface area contributed by atoms with Crippen molar-refractivity contribution >= 4 is 0 Å². The van der Waals surface area contributed by atoms with Gasteiger partial charge in [0.2, 0.25) is 0 Å². The quantitative estimate of drug-likeness (QED) is 0.497. The molecule has 2 N–H and O–H groups in total. The van der Waals surface area contributed by atoms with Crippen molar-refractivity contribution in [3.8, 4) is 0 Å². The second kappa shape index (κ2) is 7.85. The SMILES string of the molecule is C=CCOCC(O)CNC1CCCCC1. The third-order valence-corrected chi connectivity index (χ3v) is 2.79. The van der Waals surface area contributed by atoms with Crippen molar-refractivity contribution in [1.82, 2.24) is 5.32 Å². The van der Waals surface area contributed by atoms with Crippen LogP contribution in [0, 0.1) is 0 Å². The molecule has 1 fully saturated rings. The maximum atomic E-state index is 9.58. The first-order valence-electron chi connectivity index (χ1n) is 5.93. The van der Waals surface area contributed by atoms with Crippen LogP contribution in [-0.4, -0.2) is 37.0 Å². The lowest BCUT2D eigenvalue weighted by Crippen LogP contribution is -2.38. The Bertz CT molecular complexity index is 167. The second-order valence-electron chi connectivity index (χ2n) is 4.22. The van der Waals surface area contributed by atoms with E-state index in [9.17, 15) is 5.11 Å². The van der Waals surface area contributed by atoms with Gasteiger partial charge in [0.25, 0.3) is 0 Å². The molecule has 1 aliphatic carbocycles. The molecule has 0 spiro atoms. The minimum absolute atomic E-state index is 0.395. The van der Waals surface area contributed by atoms with Crippen LogP contribution < -0.4 is 5.32 Å². The van der Waals surface area contributed by atoms with E-state index in [2.05, 4.69) is 11.9 Å². The van der Waals surface area contributed by atoms with E-state index >= 15 is 0 Å². The third-order valence-electron chi connectivity index (χ3n) is 2.79. The molecular weight excluding hydrogens is 190 g/mol. The number of ether oxygens (including phenoxy) is 1. The van der Waals surface area contributed by atoms with Crippen LogP contribution in [0.1, 0.15) is 32.1 Å². The van der Waals surface area contributed by atoms with Crippen LogP contribution in [0.3, 0.4) is 0 Å². The molecule has 15 heavy (non-hydrogen) atoms. The van der Waals surface area contributed by atoms with E-state index in [1.165, 1.54) is 32.1 Å². The molecule has 3 heteroatoms. The normalized spacial score (nSPS) is 20.1. The molecule has 1 aliphatic rings. The van der Waals surface area contributed by atoms with E-state index < -0.39 is 6.10 Å². The van der Waals surface area contributed by atoms with Crippen molar-refractivity contribution in [2.75, 3.05) is 19.8 Å². The fraction of sp³-hybridized carbons (Fsp3) is 0.833. The molecule has 0 saturated heterocycles. The summed E-state index contributed by atoms with van der Waals surface area (Å²) in [7, 11) is 0. The van der Waals surface area contributed by atoms with Gasteiger partial charge in [-0.1, -0.05) is 25.3 Å². The minimum atomic E-state index is -0.396. The lowest BCUT2D eigenvalue weighted by Gasteiger charge is -2.24. The van der Waals surface area contributed by atoms with Crippen molar-refractivity contribution in [2.45, 2.75) is 44.2 Å². The maximum absolute atomic E-state index is 9.58. The zero-order valence-electron chi connectivity index (χ0n) is 9.45. The second-order valence-corrected chi connectivity index (χ2v) is 4.22. The van der Waals surface area contributed by atoms with Gasteiger partial charge < -0.3 is 15.2 Å². The topological polar surface area (TPSA) is 41.5 Å². The molecule has 3 nitrogen and oxygen atoms in total. The Morgan fingerprint density at radius 2 is 2.13 bits per heavy atom. The predicted molar refractivity (Wildman–Crippen MR) is 61.9 cm³/mol. The van der Waals surface area contributed by atoms with Gasteiger partial charge in [-0.2, -0.15) is 0 Å². The predicted octanol–water partition coefficient (Wildman–Crippen LogP) is 1.47. The van der Waals surface area contributed by atoms with E-state index in [-0.39, 0.29) is 0 Å². The highest BCUT2D eigenvalue weighted by Gasteiger charge is 2.13. The highest BCUT2D eigenvalue weighted by atomic mass is 16.5. The van der Waals surface area contributed by atoms with Crippen molar-refractivity contribution < 1.29 is 9.84 Å². The Hall–Kier alpha value is -0.380. The average molecular weight is 213 g/mol. The van der Waals surface area contributed by atoms with Crippen molar-refractivity contribution in [2.24, 2.45) is 0 Å². The molecule has 1 rings (SSSR count). The fourth-order valence-corrected chi connectivity index (χ4v) is 1.96. The summed E-state index contributed by atoms with van der Waals surface area (Å²) < 4.78 is 5.18. The van der Waals surface area contributed by atoms with Crippen LogP contribution in [-0.2, 0) is 4.74 Å². The van der Waals surface area contributed by atoms with E-state index in [1.54, 1.807) is 6.08 Å². The van der Waals surface area contributed by atoms with Gasteiger partial charge in [0.1, 0.15) is 0 Å². The van der Waals surface area contributed by atoms with Gasteiger partial charge in [-0.25, -0.2) is 0 Å². The largest absolute Gasteiger partial charge is 0.389 e. The zero-order chi connectivity index (χ0) is 10.9. The van der Waals surface area contributed by atoms with Crippen LogP contribution in [0.4, 0.5) is 0 Å². The van der Waals surface area contributed by atoms with E-state index in [0.29, 0.717) is 25.8 Å². The summed E-state index contributed by atoms with van der Waals surface area (Å²) in [4.78, 5) is 0. The summed E-state index contributed by atoms with van der Waals surface area (Å²) in [6.07, 6.45) is 7.80. The zero-order valence-corrected chi connectivity index (χ0v) is 9.45. The van der Waals surface area contributed by atoms with Gasteiger partial charge in [-0.3, -0.25) is 0 Å². The van der Waals surface area contributed by atoms with Crippen molar-refractivity contribution in [1.29, 1.82) is 0 Å². The molecule has 0 heterocycles. The Labute approximate surface area is 92.5 Å². The Morgan fingerprint density at radius 1 is 1.40 bits per heavy atom. The number of hydrogen-bond donors (Lipinski definition) is 2. The van der Waals surface area contributed by atoms with E-state index in [4.69, 9.17) is 4.74 Å². The smallest absolute Gasteiger partial charge is 0.0897 e. The summed E-state index contributed by atoms with van der Waals surface area (Å²) in [6.45, 7) is 5.10. The van der Waals surface area contributed by atoms with E-state index in [1.807, 2.05) is 0 Å². The first kappa shape index (κ1) is 12.7. The molecule has 0 amide bonds. The Kier molecular flexibility index (Phi) is 6.64. The average Bonchev–Trinajstić information content (AvgIpc) is 2.28. The van der Waals surface area contributed by atoms with Gasteiger partial charge in [-0.15, -0.1) is 6.58 Å². The molecule has 1 unspecified atom stereocenters. The standard InChI is InChI=1S/C12H23NO2/c1-2-8-15-10-12(14)9-13-11-6-4-3-5-7-11/h2,11-14H,1,3-10H2. The number of aliphatic hydroxyl groups excluding tert-OH is 1. The molecule has 0 aromatic heterocycles. The Balaban J connectivity index is 1.99. The minimum Gasteiger partial charge on any atom is -0.389 e. The summed E-state index contributed by atoms with van der Waals surface area (Å²) in [5.74, 6) is 0. The summed E-state index contributed by atoms with van der Waals surface area (Å²) in [5.41, 5.74) is 0. The molecular formula is C12H23NO2.